The number of hydrogen-bond acceptors (Lipinski definition) is 5. The molecule has 0 radical (unpaired) electrons. The average Bonchev–Trinajstić information content (AvgIpc) is 3.14. The van der Waals surface area contributed by atoms with Crippen molar-refractivity contribution in [2.24, 2.45) is 0 Å². The van der Waals surface area contributed by atoms with Crippen LogP contribution >= 0.6 is 22.7 Å². The van der Waals surface area contributed by atoms with E-state index in [0.717, 1.165) is 43.9 Å². The molecule has 4 nitrogen and oxygen atoms in total. The summed E-state index contributed by atoms with van der Waals surface area (Å²) >= 11 is 3.24. The second-order valence-electron chi connectivity index (χ2n) is 6.15. The number of benzene rings is 1. The average molecular weight is 358 g/mol. The number of hydrogen-bond donors (Lipinski definition) is 1. The van der Waals surface area contributed by atoms with E-state index in [2.05, 4.69) is 10.2 Å². The maximum absolute atomic E-state index is 12.4. The first kappa shape index (κ1) is 15.6. The number of amides is 1. The fraction of sp³-hybridized carbons (Fsp3) is 0.333. The van der Waals surface area contributed by atoms with Crippen molar-refractivity contribution < 1.29 is 4.79 Å². The van der Waals surface area contributed by atoms with Crippen molar-refractivity contribution in [3.8, 4) is 0 Å². The first-order chi connectivity index (χ1) is 11.7. The van der Waals surface area contributed by atoms with Crippen molar-refractivity contribution in [2.45, 2.75) is 26.2 Å². The molecule has 1 aliphatic heterocycles. The molecule has 1 amide bonds. The minimum atomic E-state index is -0.0599. The van der Waals surface area contributed by atoms with Gasteiger partial charge in [-0.2, -0.15) is 0 Å². The Kier molecular flexibility index (Phi) is 4.24. The molecular weight excluding hydrogens is 338 g/mol. The van der Waals surface area contributed by atoms with Crippen LogP contribution in [-0.4, -0.2) is 24.0 Å². The van der Waals surface area contributed by atoms with Crippen LogP contribution in [0.15, 0.2) is 30.3 Å². The lowest BCUT2D eigenvalue weighted by Crippen LogP contribution is -2.29. The van der Waals surface area contributed by atoms with Crippen LogP contribution in [0.25, 0.3) is 9.53 Å². The summed E-state index contributed by atoms with van der Waals surface area (Å²) in [5, 5.41) is 4.06. The molecule has 0 saturated carbocycles. The van der Waals surface area contributed by atoms with Gasteiger partial charge in [0.2, 0.25) is 0 Å². The summed E-state index contributed by atoms with van der Waals surface area (Å²) in [7, 11) is 0. The summed E-state index contributed by atoms with van der Waals surface area (Å²) in [5.74, 6) is -0.0599. The van der Waals surface area contributed by atoms with Crippen LogP contribution in [0, 0.1) is 6.92 Å². The van der Waals surface area contributed by atoms with Crippen molar-refractivity contribution in [1.82, 2.24) is 4.98 Å². The molecule has 1 fully saturated rings. The highest BCUT2D eigenvalue weighted by Gasteiger charge is 2.18. The van der Waals surface area contributed by atoms with E-state index >= 15 is 0 Å². The fourth-order valence-corrected chi connectivity index (χ4v) is 5.19. The van der Waals surface area contributed by atoms with Gasteiger partial charge in [0.15, 0.2) is 5.13 Å². The molecule has 1 saturated heterocycles. The number of piperidine rings is 1. The van der Waals surface area contributed by atoms with E-state index in [1.807, 2.05) is 37.3 Å². The highest BCUT2D eigenvalue weighted by Crippen LogP contribution is 2.36. The van der Waals surface area contributed by atoms with Gasteiger partial charge < -0.3 is 10.2 Å². The number of thiazole rings is 1. The molecular formula is C18H19N3OS2. The summed E-state index contributed by atoms with van der Waals surface area (Å²) in [4.78, 5) is 20.3. The van der Waals surface area contributed by atoms with Crippen LogP contribution in [0.4, 0.5) is 10.8 Å². The molecule has 6 heteroatoms. The minimum absolute atomic E-state index is 0.0599. The van der Waals surface area contributed by atoms with Gasteiger partial charge in [0.05, 0.1) is 10.4 Å². The second kappa shape index (κ2) is 6.53. The molecule has 2 aromatic heterocycles. The molecule has 0 atom stereocenters. The molecule has 0 aliphatic carbocycles. The van der Waals surface area contributed by atoms with Crippen LogP contribution in [0.3, 0.4) is 0 Å². The lowest BCUT2D eigenvalue weighted by Gasteiger charge is -2.25. The number of anilines is 2. The largest absolute Gasteiger partial charge is 0.348 e. The van der Waals surface area contributed by atoms with Crippen LogP contribution in [0.2, 0.25) is 0 Å². The third-order valence-electron chi connectivity index (χ3n) is 4.21. The zero-order chi connectivity index (χ0) is 16.5. The lowest BCUT2D eigenvalue weighted by molar-refractivity contribution is 0.103. The smallest absolute Gasteiger partial charge is 0.265 e. The molecule has 24 heavy (non-hydrogen) atoms. The van der Waals surface area contributed by atoms with Crippen molar-refractivity contribution in [2.75, 3.05) is 23.3 Å². The third-order valence-corrected chi connectivity index (χ3v) is 6.55. The van der Waals surface area contributed by atoms with Crippen LogP contribution in [0.1, 0.15) is 34.5 Å². The number of rotatable bonds is 3. The van der Waals surface area contributed by atoms with E-state index in [-0.39, 0.29) is 5.91 Å². The van der Waals surface area contributed by atoms with Crippen LogP contribution in [-0.2, 0) is 0 Å². The lowest BCUT2D eigenvalue weighted by atomic mass is 10.1. The monoisotopic (exact) mass is 357 g/mol. The van der Waals surface area contributed by atoms with E-state index < -0.39 is 0 Å². The molecule has 3 heterocycles. The molecule has 124 valence electrons. The molecule has 1 aliphatic rings. The molecule has 3 aromatic rings. The van der Waals surface area contributed by atoms with Gasteiger partial charge in [-0.25, -0.2) is 4.98 Å². The number of nitrogens with one attached hydrogen (secondary N) is 1. The van der Waals surface area contributed by atoms with Crippen LogP contribution in [0.5, 0.6) is 0 Å². The molecule has 4 rings (SSSR count). The van der Waals surface area contributed by atoms with Gasteiger partial charge in [0, 0.05) is 18.8 Å². The predicted octanol–water partition coefficient (Wildman–Crippen LogP) is 4.91. The zero-order valence-corrected chi connectivity index (χ0v) is 15.2. The normalized spacial score (nSPS) is 15.0. The molecule has 0 bridgehead atoms. The number of nitrogens with zero attached hydrogens (tertiary/aromatic N) is 2. The summed E-state index contributed by atoms with van der Waals surface area (Å²) in [6.45, 7) is 4.21. The number of aryl methyl sites for hydroxylation is 1. The molecule has 0 spiro atoms. The van der Waals surface area contributed by atoms with E-state index in [9.17, 15) is 4.79 Å². The highest BCUT2D eigenvalue weighted by molar-refractivity contribution is 7.40. The van der Waals surface area contributed by atoms with Crippen molar-refractivity contribution in [3.63, 3.8) is 0 Å². The summed E-state index contributed by atoms with van der Waals surface area (Å²) in [6, 6.07) is 9.76. The van der Waals surface area contributed by atoms with E-state index in [1.165, 1.54) is 30.6 Å². The van der Waals surface area contributed by atoms with E-state index in [0.29, 0.717) is 0 Å². The fourth-order valence-electron chi connectivity index (χ4n) is 2.97. The Morgan fingerprint density at radius 3 is 2.75 bits per heavy atom. The standard InChI is InChI=1S/C18H19N3OS2/c1-12-6-5-7-13(10-12)19-16(22)15-11-14-17(23-15)24-18(20-14)21-8-3-2-4-9-21/h5-7,10-11H,2-4,8-9H2,1H3,(H,19,22). The number of fused-ring (bicyclic) bond motifs is 1. The highest BCUT2D eigenvalue weighted by atomic mass is 32.2. The quantitative estimate of drug-likeness (QED) is 0.724. The predicted molar refractivity (Wildman–Crippen MR) is 103 cm³/mol. The number of carbonyl (C=O) groups excluding carboxylic acids is 1. The first-order valence-electron chi connectivity index (χ1n) is 8.22. The van der Waals surface area contributed by atoms with Gasteiger partial charge >= 0.3 is 0 Å². The van der Waals surface area contributed by atoms with Gasteiger partial charge in [-0.1, -0.05) is 23.5 Å². The Balaban J connectivity index is 1.52. The summed E-state index contributed by atoms with van der Waals surface area (Å²) in [6.07, 6.45) is 3.81. The Hall–Kier alpha value is -1.92. The van der Waals surface area contributed by atoms with Gasteiger partial charge in [0.1, 0.15) is 4.01 Å². The minimum Gasteiger partial charge on any atom is -0.348 e. The number of carbonyl (C=O) groups is 1. The Morgan fingerprint density at radius 1 is 1.17 bits per heavy atom. The summed E-state index contributed by atoms with van der Waals surface area (Å²) in [5.41, 5.74) is 2.91. The Labute approximate surface area is 149 Å². The van der Waals surface area contributed by atoms with Crippen molar-refractivity contribution >= 4 is 48.9 Å². The number of thiophene rings is 1. The zero-order valence-electron chi connectivity index (χ0n) is 13.5. The first-order valence-corrected chi connectivity index (χ1v) is 9.86. The summed E-state index contributed by atoms with van der Waals surface area (Å²) < 4.78 is 1.13. The van der Waals surface area contributed by atoms with Crippen LogP contribution < -0.4 is 10.2 Å². The van der Waals surface area contributed by atoms with Crippen molar-refractivity contribution in [1.29, 1.82) is 0 Å². The molecule has 0 unspecified atom stereocenters. The molecule has 1 N–H and O–H groups in total. The topological polar surface area (TPSA) is 45.2 Å². The van der Waals surface area contributed by atoms with Gasteiger partial charge in [-0.05, 0) is 49.9 Å². The van der Waals surface area contributed by atoms with Crippen molar-refractivity contribution in [3.05, 3.63) is 40.8 Å². The Bertz CT molecular complexity index is 846. The second-order valence-corrected chi connectivity index (χ2v) is 8.44. The SMILES string of the molecule is Cc1cccc(NC(=O)c2cc3nc(N4CCCCC4)sc3s2)c1. The third kappa shape index (κ3) is 3.16. The molecule has 1 aromatic carbocycles. The van der Waals surface area contributed by atoms with E-state index in [1.54, 1.807) is 11.3 Å². The maximum atomic E-state index is 12.4. The van der Waals surface area contributed by atoms with Gasteiger partial charge in [-0.3, -0.25) is 4.79 Å². The Morgan fingerprint density at radius 2 is 2.00 bits per heavy atom. The van der Waals surface area contributed by atoms with E-state index in [4.69, 9.17) is 4.98 Å². The van der Waals surface area contributed by atoms with Gasteiger partial charge in [-0.15, -0.1) is 11.3 Å². The maximum Gasteiger partial charge on any atom is 0.265 e. The van der Waals surface area contributed by atoms with Gasteiger partial charge in [0.25, 0.3) is 5.91 Å². The number of aromatic nitrogens is 1.